The van der Waals surface area contributed by atoms with Gasteiger partial charge >= 0.3 is 5.97 Å². The molecule has 84 valence electrons. The van der Waals surface area contributed by atoms with Gasteiger partial charge in [-0.05, 0) is 13.3 Å². The van der Waals surface area contributed by atoms with Gasteiger partial charge in [0.05, 0.1) is 6.20 Å². The van der Waals surface area contributed by atoms with Crippen molar-refractivity contribution >= 4 is 22.4 Å². The standard InChI is InChI=1S/C10H16N2O2S/c1-3-5-6-12(4-2)10-11-7-8(15-10)9(13)14/h7H,3-6H2,1-2H3,(H,13,14). The van der Waals surface area contributed by atoms with E-state index in [4.69, 9.17) is 5.11 Å². The van der Waals surface area contributed by atoms with Crippen LogP contribution in [-0.4, -0.2) is 29.1 Å². The monoisotopic (exact) mass is 228 g/mol. The average Bonchev–Trinajstić information content (AvgIpc) is 2.68. The Hall–Kier alpha value is -1.10. The fraction of sp³-hybridized carbons (Fsp3) is 0.600. The summed E-state index contributed by atoms with van der Waals surface area (Å²) in [6.45, 7) is 6.00. The van der Waals surface area contributed by atoms with Crippen LogP contribution >= 0.6 is 11.3 Å². The van der Waals surface area contributed by atoms with E-state index in [2.05, 4.69) is 23.7 Å². The first-order chi connectivity index (χ1) is 7.19. The van der Waals surface area contributed by atoms with Crippen molar-refractivity contribution in [2.75, 3.05) is 18.0 Å². The molecule has 0 saturated carbocycles. The third-order valence-electron chi connectivity index (χ3n) is 2.14. The van der Waals surface area contributed by atoms with Gasteiger partial charge in [-0.3, -0.25) is 0 Å². The van der Waals surface area contributed by atoms with Crippen molar-refractivity contribution < 1.29 is 9.90 Å². The number of aromatic carboxylic acids is 1. The van der Waals surface area contributed by atoms with Crippen LogP contribution in [0.3, 0.4) is 0 Å². The van der Waals surface area contributed by atoms with Crippen LogP contribution in [0.5, 0.6) is 0 Å². The number of carboxylic acid groups (broad SMARTS) is 1. The second-order valence-corrected chi connectivity index (χ2v) is 4.25. The van der Waals surface area contributed by atoms with Gasteiger partial charge in [-0.15, -0.1) is 0 Å². The number of hydrogen-bond donors (Lipinski definition) is 1. The van der Waals surface area contributed by atoms with Crippen LogP contribution < -0.4 is 4.90 Å². The summed E-state index contributed by atoms with van der Waals surface area (Å²) in [5, 5.41) is 9.59. The minimum Gasteiger partial charge on any atom is -0.477 e. The van der Waals surface area contributed by atoms with Gasteiger partial charge in [-0.2, -0.15) is 0 Å². The highest BCUT2D eigenvalue weighted by atomic mass is 32.1. The molecule has 0 amide bonds. The quantitative estimate of drug-likeness (QED) is 0.812. The van der Waals surface area contributed by atoms with Crippen molar-refractivity contribution in [3.8, 4) is 0 Å². The first kappa shape index (κ1) is 12.0. The lowest BCUT2D eigenvalue weighted by Gasteiger charge is -2.18. The summed E-state index contributed by atoms with van der Waals surface area (Å²) in [5.74, 6) is -0.898. The van der Waals surface area contributed by atoms with Gasteiger partial charge in [0.1, 0.15) is 4.88 Å². The fourth-order valence-corrected chi connectivity index (χ4v) is 2.09. The van der Waals surface area contributed by atoms with E-state index in [9.17, 15) is 4.79 Å². The third-order valence-corrected chi connectivity index (χ3v) is 3.18. The summed E-state index contributed by atoms with van der Waals surface area (Å²) in [5.41, 5.74) is 0. The molecule has 0 radical (unpaired) electrons. The van der Waals surface area contributed by atoms with E-state index in [1.165, 1.54) is 17.5 Å². The van der Waals surface area contributed by atoms with E-state index in [0.717, 1.165) is 31.1 Å². The highest BCUT2D eigenvalue weighted by Crippen LogP contribution is 2.22. The highest BCUT2D eigenvalue weighted by molar-refractivity contribution is 7.17. The number of unbranched alkanes of at least 4 members (excludes halogenated alkanes) is 1. The van der Waals surface area contributed by atoms with E-state index in [-0.39, 0.29) is 0 Å². The van der Waals surface area contributed by atoms with Gasteiger partial charge in [0.25, 0.3) is 0 Å². The lowest BCUT2D eigenvalue weighted by atomic mass is 10.3. The van der Waals surface area contributed by atoms with E-state index in [1.54, 1.807) is 0 Å². The van der Waals surface area contributed by atoms with Crippen molar-refractivity contribution in [2.45, 2.75) is 26.7 Å². The maximum atomic E-state index is 10.7. The summed E-state index contributed by atoms with van der Waals surface area (Å²) in [7, 11) is 0. The molecule has 0 aromatic carbocycles. The van der Waals surface area contributed by atoms with Crippen molar-refractivity contribution in [3.63, 3.8) is 0 Å². The molecule has 1 rings (SSSR count). The van der Waals surface area contributed by atoms with Gasteiger partial charge in [0, 0.05) is 13.1 Å². The molecular weight excluding hydrogens is 212 g/mol. The van der Waals surface area contributed by atoms with Crippen LogP contribution in [0.1, 0.15) is 36.4 Å². The first-order valence-corrected chi connectivity index (χ1v) is 5.94. The van der Waals surface area contributed by atoms with Gasteiger partial charge in [0.15, 0.2) is 5.13 Å². The maximum Gasteiger partial charge on any atom is 0.347 e. The number of hydrogen-bond acceptors (Lipinski definition) is 4. The van der Waals surface area contributed by atoms with Gasteiger partial charge < -0.3 is 10.0 Å². The molecule has 0 aliphatic heterocycles. The topological polar surface area (TPSA) is 53.4 Å². The van der Waals surface area contributed by atoms with Gasteiger partial charge in [0.2, 0.25) is 0 Å². The Labute approximate surface area is 93.6 Å². The molecular formula is C10H16N2O2S. The summed E-state index contributed by atoms with van der Waals surface area (Å²) in [4.78, 5) is 17.2. The number of carbonyl (C=O) groups is 1. The van der Waals surface area contributed by atoms with Crippen molar-refractivity contribution in [2.24, 2.45) is 0 Å². The van der Waals surface area contributed by atoms with E-state index >= 15 is 0 Å². The molecule has 0 spiro atoms. The zero-order valence-electron chi connectivity index (χ0n) is 9.06. The Morgan fingerprint density at radius 1 is 1.60 bits per heavy atom. The molecule has 1 N–H and O–H groups in total. The predicted molar refractivity (Wildman–Crippen MR) is 61.9 cm³/mol. The molecule has 15 heavy (non-hydrogen) atoms. The smallest absolute Gasteiger partial charge is 0.347 e. The summed E-state index contributed by atoms with van der Waals surface area (Å²) in [6, 6.07) is 0. The van der Waals surface area contributed by atoms with E-state index in [0.29, 0.717) is 4.88 Å². The second kappa shape index (κ2) is 5.70. The Kier molecular flexibility index (Phi) is 4.55. The van der Waals surface area contributed by atoms with Gasteiger partial charge in [-0.25, -0.2) is 9.78 Å². The molecule has 1 aromatic heterocycles. The average molecular weight is 228 g/mol. The lowest BCUT2D eigenvalue weighted by Crippen LogP contribution is -2.23. The molecule has 0 fully saturated rings. The SMILES string of the molecule is CCCCN(CC)c1ncc(C(=O)O)s1. The largest absolute Gasteiger partial charge is 0.477 e. The lowest BCUT2D eigenvalue weighted by molar-refractivity contribution is 0.0702. The number of rotatable bonds is 6. The highest BCUT2D eigenvalue weighted by Gasteiger charge is 2.12. The van der Waals surface area contributed by atoms with Crippen LogP contribution in [0, 0.1) is 0 Å². The molecule has 0 unspecified atom stereocenters. The van der Waals surface area contributed by atoms with Crippen LogP contribution in [0.25, 0.3) is 0 Å². The maximum absolute atomic E-state index is 10.7. The number of aromatic nitrogens is 1. The molecule has 4 nitrogen and oxygen atoms in total. The summed E-state index contributed by atoms with van der Waals surface area (Å²) < 4.78 is 0. The normalized spacial score (nSPS) is 10.3. The molecule has 1 aromatic rings. The van der Waals surface area contributed by atoms with Crippen molar-refractivity contribution in [1.29, 1.82) is 0 Å². The minimum atomic E-state index is -0.898. The second-order valence-electron chi connectivity index (χ2n) is 3.25. The molecule has 5 heteroatoms. The Bertz CT molecular complexity index is 325. The Balaban J connectivity index is 2.69. The zero-order valence-corrected chi connectivity index (χ0v) is 9.88. The van der Waals surface area contributed by atoms with Crippen molar-refractivity contribution in [1.82, 2.24) is 4.98 Å². The number of anilines is 1. The predicted octanol–water partition coefficient (Wildman–Crippen LogP) is 2.47. The molecule has 0 atom stereocenters. The first-order valence-electron chi connectivity index (χ1n) is 5.13. The van der Waals surface area contributed by atoms with Crippen LogP contribution in [0.15, 0.2) is 6.20 Å². The summed E-state index contributed by atoms with van der Waals surface area (Å²) in [6.07, 6.45) is 3.67. The van der Waals surface area contributed by atoms with E-state index < -0.39 is 5.97 Å². The Morgan fingerprint density at radius 2 is 2.33 bits per heavy atom. The molecule has 1 heterocycles. The molecule has 0 aliphatic carbocycles. The third kappa shape index (κ3) is 3.20. The molecule has 0 bridgehead atoms. The van der Waals surface area contributed by atoms with Crippen LogP contribution in [-0.2, 0) is 0 Å². The number of nitrogens with zero attached hydrogens (tertiary/aromatic N) is 2. The Morgan fingerprint density at radius 3 is 2.80 bits per heavy atom. The molecule has 0 saturated heterocycles. The minimum absolute atomic E-state index is 0.306. The van der Waals surface area contributed by atoms with Crippen molar-refractivity contribution in [3.05, 3.63) is 11.1 Å². The zero-order chi connectivity index (χ0) is 11.3. The molecule has 0 aliphatic rings. The summed E-state index contributed by atoms with van der Waals surface area (Å²) >= 11 is 1.24. The number of carboxylic acids is 1. The number of thiazole rings is 1. The van der Waals surface area contributed by atoms with E-state index in [1.807, 2.05) is 0 Å². The fourth-order valence-electron chi connectivity index (χ4n) is 1.25. The van der Waals surface area contributed by atoms with Crippen LogP contribution in [0.4, 0.5) is 5.13 Å². The van der Waals surface area contributed by atoms with Crippen LogP contribution in [0.2, 0.25) is 0 Å². The van der Waals surface area contributed by atoms with Gasteiger partial charge in [-0.1, -0.05) is 24.7 Å².